The van der Waals surface area contributed by atoms with Gasteiger partial charge in [-0.05, 0) is 26.7 Å². The summed E-state index contributed by atoms with van der Waals surface area (Å²) in [5, 5.41) is 7.42. The summed E-state index contributed by atoms with van der Waals surface area (Å²) < 4.78 is 5.05. The van der Waals surface area contributed by atoms with Crippen LogP contribution in [0.5, 0.6) is 0 Å². The summed E-state index contributed by atoms with van der Waals surface area (Å²) in [6.07, 6.45) is 2.28. The van der Waals surface area contributed by atoms with Crippen molar-refractivity contribution < 1.29 is 4.52 Å². The molecule has 0 aromatic carbocycles. The fourth-order valence-corrected chi connectivity index (χ4v) is 1.95. The van der Waals surface area contributed by atoms with Crippen molar-refractivity contribution in [3.8, 4) is 0 Å². The van der Waals surface area contributed by atoms with Gasteiger partial charge >= 0.3 is 0 Å². The molecule has 0 unspecified atom stereocenters. The van der Waals surface area contributed by atoms with Crippen LogP contribution in [-0.2, 0) is 6.54 Å². The largest absolute Gasteiger partial charge is 0.361 e. The van der Waals surface area contributed by atoms with Crippen LogP contribution in [0.2, 0.25) is 5.15 Å². The van der Waals surface area contributed by atoms with E-state index in [1.54, 1.807) is 6.92 Å². The van der Waals surface area contributed by atoms with Crippen molar-refractivity contribution in [1.29, 1.82) is 0 Å². The molecule has 7 heteroatoms. The van der Waals surface area contributed by atoms with Gasteiger partial charge in [0.05, 0.1) is 6.54 Å². The van der Waals surface area contributed by atoms with E-state index in [1.807, 2.05) is 6.92 Å². The molecule has 1 fully saturated rings. The number of halogens is 1. The third kappa shape index (κ3) is 2.68. The molecule has 0 radical (unpaired) electrons. The molecule has 0 atom stereocenters. The average molecular weight is 280 g/mol. The highest BCUT2D eigenvalue weighted by Crippen LogP contribution is 2.39. The van der Waals surface area contributed by atoms with Crippen LogP contribution >= 0.6 is 11.6 Å². The maximum atomic E-state index is 6.13. The number of aromatic nitrogens is 4. The Hall–Kier alpha value is -1.69. The zero-order chi connectivity index (χ0) is 13.4. The Morgan fingerprint density at radius 3 is 2.68 bits per heavy atom. The second-order valence-electron chi connectivity index (χ2n) is 4.71. The molecule has 2 aromatic rings. The lowest BCUT2D eigenvalue weighted by Gasteiger charge is -2.09. The summed E-state index contributed by atoms with van der Waals surface area (Å²) in [7, 11) is 0. The van der Waals surface area contributed by atoms with Gasteiger partial charge in [0.15, 0.2) is 5.82 Å². The second kappa shape index (κ2) is 4.77. The zero-order valence-electron chi connectivity index (χ0n) is 10.8. The van der Waals surface area contributed by atoms with Crippen LogP contribution in [0.1, 0.15) is 41.9 Å². The van der Waals surface area contributed by atoms with Crippen molar-refractivity contribution in [1.82, 2.24) is 20.1 Å². The molecular weight excluding hydrogens is 266 g/mol. The van der Waals surface area contributed by atoms with Gasteiger partial charge in [-0.25, -0.2) is 9.97 Å². The first-order valence-corrected chi connectivity index (χ1v) is 6.58. The molecule has 2 heterocycles. The van der Waals surface area contributed by atoms with Gasteiger partial charge in [-0.3, -0.25) is 0 Å². The standard InChI is InChI=1S/C12H14ClN5O/c1-6-10(13)16-12(8-3-4-8)17-11(6)14-5-9-15-7(2)18-19-9/h8H,3-5H2,1-2H3,(H,14,16,17). The fourth-order valence-electron chi connectivity index (χ4n) is 1.77. The van der Waals surface area contributed by atoms with E-state index in [-0.39, 0.29) is 0 Å². The maximum Gasteiger partial charge on any atom is 0.245 e. The highest BCUT2D eigenvalue weighted by atomic mass is 35.5. The van der Waals surface area contributed by atoms with Crippen molar-refractivity contribution in [3.63, 3.8) is 0 Å². The molecule has 2 aromatic heterocycles. The van der Waals surface area contributed by atoms with Gasteiger partial charge in [0.25, 0.3) is 0 Å². The Morgan fingerprint density at radius 1 is 1.26 bits per heavy atom. The molecule has 1 N–H and O–H groups in total. The van der Waals surface area contributed by atoms with Gasteiger partial charge in [-0.15, -0.1) is 0 Å². The van der Waals surface area contributed by atoms with Gasteiger partial charge in [-0.2, -0.15) is 4.98 Å². The van der Waals surface area contributed by atoms with E-state index in [9.17, 15) is 0 Å². The monoisotopic (exact) mass is 279 g/mol. The summed E-state index contributed by atoms with van der Waals surface area (Å²) in [6, 6.07) is 0. The Labute approximate surface area is 115 Å². The molecule has 0 amide bonds. The number of rotatable bonds is 4. The first-order valence-electron chi connectivity index (χ1n) is 6.20. The molecule has 6 nitrogen and oxygen atoms in total. The van der Waals surface area contributed by atoms with Gasteiger partial charge in [0, 0.05) is 11.5 Å². The SMILES string of the molecule is Cc1noc(CNc2nc(C3CC3)nc(Cl)c2C)n1. The molecule has 0 aliphatic heterocycles. The van der Waals surface area contributed by atoms with E-state index >= 15 is 0 Å². The van der Waals surface area contributed by atoms with Gasteiger partial charge in [-0.1, -0.05) is 16.8 Å². The number of nitrogens with one attached hydrogen (secondary N) is 1. The van der Waals surface area contributed by atoms with E-state index in [4.69, 9.17) is 16.1 Å². The second-order valence-corrected chi connectivity index (χ2v) is 5.07. The maximum absolute atomic E-state index is 6.13. The third-order valence-corrected chi connectivity index (χ3v) is 3.39. The number of aryl methyl sites for hydroxylation is 1. The lowest BCUT2D eigenvalue weighted by atomic mass is 10.3. The van der Waals surface area contributed by atoms with Crippen LogP contribution in [-0.4, -0.2) is 20.1 Å². The molecule has 1 saturated carbocycles. The summed E-state index contributed by atoms with van der Waals surface area (Å²) in [6.45, 7) is 4.10. The molecule has 1 aliphatic carbocycles. The molecular formula is C12H14ClN5O. The summed E-state index contributed by atoms with van der Waals surface area (Å²) in [5.41, 5.74) is 0.835. The van der Waals surface area contributed by atoms with Gasteiger partial charge in [0.1, 0.15) is 16.8 Å². The Morgan fingerprint density at radius 2 is 2.05 bits per heavy atom. The summed E-state index contributed by atoms with van der Waals surface area (Å²) in [4.78, 5) is 13.0. The van der Waals surface area contributed by atoms with Crippen LogP contribution in [0.25, 0.3) is 0 Å². The highest BCUT2D eigenvalue weighted by molar-refractivity contribution is 6.30. The minimum Gasteiger partial charge on any atom is -0.361 e. The number of anilines is 1. The summed E-state index contributed by atoms with van der Waals surface area (Å²) in [5.74, 6) is 3.16. The molecule has 0 bridgehead atoms. The molecule has 100 valence electrons. The average Bonchev–Trinajstić information content (AvgIpc) is 3.15. The molecule has 3 rings (SSSR count). The Balaban J connectivity index is 1.79. The van der Waals surface area contributed by atoms with E-state index in [0.29, 0.717) is 29.3 Å². The Kier molecular flexibility index (Phi) is 3.10. The highest BCUT2D eigenvalue weighted by Gasteiger charge is 2.28. The first kappa shape index (κ1) is 12.3. The fraction of sp³-hybridized carbons (Fsp3) is 0.500. The Bertz CT molecular complexity index is 608. The summed E-state index contributed by atoms with van der Waals surface area (Å²) >= 11 is 6.13. The topological polar surface area (TPSA) is 76.7 Å². The van der Waals surface area contributed by atoms with Crippen molar-refractivity contribution in [2.45, 2.75) is 39.2 Å². The molecule has 0 saturated heterocycles. The van der Waals surface area contributed by atoms with E-state index in [1.165, 1.54) is 0 Å². The van der Waals surface area contributed by atoms with Crippen molar-refractivity contribution >= 4 is 17.4 Å². The molecule has 0 spiro atoms. The smallest absolute Gasteiger partial charge is 0.245 e. The number of hydrogen-bond donors (Lipinski definition) is 1. The van der Waals surface area contributed by atoms with Crippen LogP contribution in [0.15, 0.2) is 4.52 Å². The quantitative estimate of drug-likeness (QED) is 0.867. The number of nitrogens with zero attached hydrogens (tertiary/aromatic N) is 4. The van der Waals surface area contributed by atoms with Gasteiger partial charge in [0.2, 0.25) is 5.89 Å². The number of hydrogen-bond acceptors (Lipinski definition) is 6. The van der Waals surface area contributed by atoms with E-state index in [2.05, 4.69) is 25.4 Å². The predicted octanol–water partition coefficient (Wildman–Crippen LogP) is 2.62. The first-order chi connectivity index (χ1) is 9.13. The van der Waals surface area contributed by atoms with Crippen LogP contribution < -0.4 is 5.32 Å². The van der Waals surface area contributed by atoms with Crippen molar-refractivity contribution in [2.75, 3.05) is 5.32 Å². The minimum atomic E-state index is 0.430. The van der Waals surface area contributed by atoms with Gasteiger partial charge < -0.3 is 9.84 Å². The zero-order valence-corrected chi connectivity index (χ0v) is 11.5. The van der Waals surface area contributed by atoms with E-state index < -0.39 is 0 Å². The third-order valence-electron chi connectivity index (χ3n) is 3.02. The lowest BCUT2D eigenvalue weighted by Crippen LogP contribution is -2.07. The molecule has 19 heavy (non-hydrogen) atoms. The lowest BCUT2D eigenvalue weighted by molar-refractivity contribution is 0.379. The van der Waals surface area contributed by atoms with Crippen molar-refractivity contribution in [3.05, 3.63) is 28.3 Å². The normalized spacial score (nSPS) is 14.7. The molecule has 1 aliphatic rings. The predicted molar refractivity (Wildman–Crippen MR) is 70.1 cm³/mol. The van der Waals surface area contributed by atoms with Crippen LogP contribution in [0.3, 0.4) is 0 Å². The van der Waals surface area contributed by atoms with Crippen LogP contribution in [0, 0.1) is 13.8 Å². The van der Waals surface area contributed by atoms with Crippen molar-refractivity contribution in [2.24, 2.45) is 0 Å². The van der Waals surface area contributed by atoms with Crippen LogP contribution in [0.4, 0.5) is 5.82 Å². The minimum absolute atomic E-state index is 0.430. The van der Waals surface area contributed by atoms with E-state index in [0.717, 1.165) is 30.0 Å².